The van der Waals surface area contributed by atoms with Crippen LogP contribution in [0, 0.1) is 6.92 Å². The van der Waals surface area contributed by atoms with Crippen LogP contribution in [0.4, 0.5) is 0 Å². The Morgan fingerprint density at radius 2 is 1.91 bits per heavy atom. The molecule has 4 aromatic rings. The van der Waals surface area contributed by atoms with E-state index >= 15 is 0 Å². The van der Waals surface area contributed by atoms with Crippen molar-refractivity contribution in [2.24, 2.45) is 5.73 Å². The summed E-state index contributed by atoms with van der Waals surface area (Å²) >= 11 is 1.56. The molecular formula is C26H29N5O2S. The largest absolute Gasteiger partial charge is 0.419 e. The zero-order valence-corrected chi connectivity index (χ0v) is 20.7. The van der Waals surface area contributed by atoms with E-state index in [1.54, 1.807) is 23.5 Å². The normalized spacial score (nSPS) is 13.1. The molecule has 176 valence electrons. The molecular weight excluding hydrogens is 446 g/mol. The van der Waals surface area contributed by atoms with Crippen molar-refractivity contribution in [3.05, 3.63) is 87.7 Å². The van der Waals surface area contributed by atoms with E-state index in [1.165, 1.54) is 0 Å². The van der Waals surface area contributed by atoms with Gasteiger partial charge in [0.1, 0.15) is 5.01 Å². The first-order chi connectivity index (χ1) is 16.2. The first-order valence-corrected chi connectivity index (χ1v) is 12.1. The number of hydrogen-bond donors (Lipinski definition) is 1. The monoisotopic (exact) mass is 475 g/mol. The van der Waals surface area contributed by atoms with Crippen molar-refractivity contribution in [3.8, 4) is 11.5 Å². The van der Waals surface area contributed by atoms with Gasteiger partial charge in [0.2, 0.25) is 11.8 Å². The molecule has 2 N–H and O–H groups in total. The molecule has 0 aliphatic heterocycles. The van der Waals surface area contributed by atoms with Gasteiger partial charge in [-0.05, 0) is 57.9 Å². The lowest BCUT2D eigenvalue weighted by Crippen LogP contribution is -2.36. The molecule has 0 radical (unpaired) electrons. The highest BCUT2D eigenvalue weighted by molar-refractivity contribution is 7.09. The van der Waals surface area contributed by atoms with Crippen LogP contribution >= 0.6 is 11.3 Å². The van der Waals surface area contributed by atoms with Gasteiger partial charge in [0.15, 0.2) is 0 Å². The molecule has 1 amide bonds. The summed E-state index contributed by atoms with van der Waals surface area (Å²) in [5.41, 5.74) is 8.99. The maximum absolute atomic E-state index is 13.4. The van der Waals surface area contributed by atoms with Gasteiger partial charge in [-0.15, -0.1) is 21.5 Å². The molecule has 2 heterocycles. The molecule has 2 aromatic heterocycles. The van der Waals surface area contributed by atoms with Crippen molar-refractivity contribution in [1.29, 1.82) is 0 Å². The van der Waals surface area contributed by atoms with Gasteiger partial charge in [-0.25, -0.2) is 4.98 Å². The molecule has 0 unspecified atom stereocenters. The third-order valence-corrected chi connectivity index (χ3v) is 6.49. The van der Waals surface area contributed by atoms with Gasteiger partial charge in [-0.3, -0.25) is 4.79 Å². The Morgan fingerprint density at radius 3 is 2.59 bits per heavy atom. The highest BCUT2D eigenvalue weighted by Gasteiger charge is 2.29. The highest BCUT2D eigenvalue weighted by atomic mass is 32.1. The van der Waals surface area contributed by atoms with Crippen molar-refractivity contribution in [2.45, 2.75) is 52.2 Å². The second-order valence-electron chi connectivity index (χ2n) is 8.98. The number of thiazole rings is 1. The van der Waals surface area contributed by atoms with E-state index in [9.17, 15) is 4.79 Å². The van der Waals surface area contributed by atoms with Gasteiger partial charge in [0.05, 0.1) is 12.1 Å². The molecule has 0 saturated carbocycles. The SMILES string of the molecule is Cc1csc(CN(C(=O)c2cccc(-c3nnc([C@](C)(N)Cc4ccccc4)o3)c2)C(C)C)n1. The summed E-state index contributed by atoms with van der Waals surface area (Å²) in [6.07, 6.45) is 0.563. The predicted octanol–water partition coefficient (Wildman–Crippen LogP) is 4.97. The Morgan fingerprint density at radius 1 is 1.15 bits per heavy atom. The van der Waals surface area contributed by atoms with Crippen LogP contribution in [0.2, 0.25) is 0 Å². The first-order valence-electron chi connectivity index (χ1n) is 11.2. The van der Waals surface area contributed by atoms with Crippen LogP contribution < -0.4 is 5.73 Å². The van der Waals surface area contributed by atoms with Gasteiger partial charge in [0.25, 0.3) is 5.91 Å². The lowest BCUT2D eigenvalue weighted by Gasteiger charge is -2.26. The van der Waals surface area contributed by atoms with Crippen molar-refractivity contribution < 1.29 is 9.21 Å². The van der Waals surface area contributed by atoms with Crippen LogP contribution in [-0.4, -0.2) is 32.0 Å². The molecule has 0 spiro atoms. The van der Waals surface area contributed by atoms with E-state index in [4.69, 9.17) is 10.2 Å². The minimum atomic E-state index is -0.819. The van der Waals surface area contributed by atoms with E-state index in [2.05, 4.69) is 15.2 Å². The van der Waals surface area contributed by atoms with Gasteiger partial charge in [-0.1, -0.05) is 36.4 Å². The van der Waals surface area contributed by atoms with E-state index in [0.29, 0.717) is 35.9 Å². The van der Waals surface area contributed by atoms with Crippen LogP contribution in [0.15, 0.2) is 64.4 Å². The summed E-state index contributed by atoms with van der Waals surface area (Å²) in [4.78, 5) is 19.7. The lowest BCUT2D eigenvalue weighted by molar-refractivity contribution is 0.0690. The number of aromatic nitrogens is 3. The molecule has 0 aliphatic carbocycles. The first kappa shape index (κ1) is 23.8. The number of aryl methyl sites for hydroxylation is 1. The van der Waals surface area contributed by atoms with Crippen molar-refractivity contribution >= 4 is 17.2 Å². The molecule has 4 rings (SSSR count). The van der Waals surface area contributed by atoms with E-state index in [-0.39, 0.29) is 11.9 Å². The number of carbonyl (C=O) groups excluding carboxylic acids is 1. The fourth-order valence-corrected chi connectivity index (χ4v) is 4.50. The van der Waals surface area contributed by atoms with Crippen LogP contribution in [-0.2, 0) is 18.5 Å². The minimum Gasteiger partial charge on any atom is -0.419 e. The minimum absolute atomic E-state index is 0.0197. The smallest absolute Gasteiger partial charge is 0.254 e. The molecule has 34 heavy (non-hydrogen) atoms. The number of carbonyl (C=O) groups is 1. The average molecular weight is 476 g/mol. The van der Waals surface area contributed by atoms with Crippen LogP contribution in [0.5, 0.6) is 0 Å². The topological polar surface area (TPSA) is 98.1 Å². The summed E-state index contributed by atoms with van der Waals surface area (Å²) in [6, 6.07) is 17.2. The molecule has 0 saturated heterocycles. The van der Waals surface area contributed by atoms with E-state index in [1.807, 2.05) is 80.4 Å². The Hall–Kier alpha value is -3.36. The highest BCUT2D eigenvalue weighted by Crippen LogP contribution is 2.27. The Labute approximate surface area is 203 Å². The van der Waals surface area contributed by atoms with Gasteiger partial charge in [-0.2, -0.15) is 0 Å². The van der Waals surface area contributed by atoms with Crippen LogP contribution in [0.25, 0.3) is 11.5 Å². The maximum Gasteiger partial charge on any atom is 0.254 e. The average Bonchev–Trinajstić information content (AvgIpc) is 3.47. The van der Waals surface area contributed by atoms with Crippen LogP contribution in [0.1, 0.15) is 53.3 Å². The maximum atomic E-state index is 13.4. The summed E-state index contributed by atoms with van der Waals surface area (Å²) in [5.74, 6) is 0.615. The Bertz CT molecular complexity index is 1260. The molecule has 0 fully saturated rings. The van der Waals surface area contributed by atoms with Gasteiger partial charge < -0.3 is 15.1 Å². The van der Waals surface area contributed by atoms with Gasteiger partial charge >= 0.3 is 0 Å². The van der Waals surface area contributed by atoms with Crippen LogP contribution in [0.3, 0.4) is 0 Å². The van der Waals surface area contributed by atoms with E-state index in [0.717, 1.165) is 16.3 Å². The van der Waals surface area contributed by atoms with Crippen molar-refractivity contribution in [2.75, 3.05) is 0 Å². The number of amides is 1. The summed E-state index contributed by atoms with van der Waals surface area (Å²) in [6.45, 7) is 8.30. The van der Waals surface area contributed by atoms with Gasteiger partial charge in [0, 0.05) is 28.2 Å². The molecule has 0 bridgehead atoms. The fraction of sp³-hybridized carbons (Fsp3) is 0.308. The molecule has 7 nitrogen and oxygen atoms in total. The van der Waals surface area contributed by atoms with Crippen molar-refractivity contribution in [3.63, 3.8) is 0 Å². The molecule has 1 atom stereocenters. The number of nitrogens with two attached hydrogens (primary N) is 1. The third-order valence-electron chi connectivity index (χ3n) is 5.54. The Kier molecular flexibility index (Phi) is 6.90. The lowest BCUT2D eigenvalue weighted by atomic mass is 9.94. The zero-order chi connectivity index (χ0) is 24.3. The number of rotatable bonds is 8. The predicted molar refractivity (Wildman–Crippen MR) is 133 cm³/mol. The number of benzene rings is 2. The second-order valence-corrected chi connectivity index (χ2v) is 9.93. The summed E-state index contributed by atoms with van der Waals surface area (Å²) < 4.78 is 5.97. The van der Waals surface area contributed by atoms with Crippen molar-refractivity contribution in [1.82, 2.24) is 20.1 Å². The fourth-order valence-electron chi connectivity index (χ4n) is 3.73. The summed E-state index contributed by atoms with van der Waals surface area (Å²) in [5, 5.41) is 11.3. The third kappa shape index (κ3) is 5.40. The molecule has 2 aromatic carbocycles. The Balaban J connectivity index is 1.55. The number of nitrogens with zero attached hydrogens (tertiary/aromatic N) is 4. The number of hydrogen-bond acceptors (Lipinski definition) is 7. The standard InChI is InChI=1S/C26H29N5O2S/c1-17(2)31(15-22-28-18(3)16-34-22)24(32)21-12-8-11-20(13-21)23-29-30-25(33-23)26(4,27)14-19-9-6-5-7-10-19/h5-13,16-17H,14-15,27H2,1-4H3/t26-/m1/s1. The van der Waals surface area contributed by atoms with E-state index < -0.39 is 5.54 Å². The zero-order valence-electron chi connectivity index (χ0n) is 19.9. The quantitative estimate of drug-likeness (QED) is 0.386. The second kappa shape index (κ2) is 9.87. The molecule has 8 heteroatoms. The molecule has 0 aliphatic rings. The summed E-state index contributed by atoms with van der Waals surface area (Å²) in [7, 11) is 0.